The van der Waals surface area contributed by atoms with Gasteiger partial charge in [0, 0.05) is 11.9 Å². The van der Waals surface area contributed by atoms with Gasteiger partial charge in [0.1, 0.15) is 5.69 Å². The fourth-order valence-electron chi connectivity index (χ4n) is 1.87. The van der Waals surface area contributed by atoms with Gasteiger partial charge in [0.05, 0.1) is 0 Å². The van der Waals surface area contributed by atoms with E-state index in [1.54, 1.807) is 0 Å². The number of benzene rings is 1. The third kappa shape index (κ3) is 3.96. The molecular weight excluding hydrogens is 285 g/mol. The molecule has 0 aliphatic heterocycles. The highest BCUT2D eigenvalue weighted by atomic mass is 32.2. The minimum atomic E-state index is -4.43. The molecule has 1 heterocycles. The summed E-state index contributed by atoms with van der Waals surface area (Å²) < 4.78 is 37.6. The van der Waals surface area contributed by atoms with E-state index >= 15 is 0 Å². The van der Waals surface area contributed by atoms with Crippen molar-refractivity contribution in [3.63, 3.8) is 0 Å². The molecule has 2 rings (SSSR count). The summed E-state index contributed by atoms with van der Waals surface area (Å²) in [5.74, 6) is 0.545. The number of aromatic nitrogens is 2. The zero-order chi connectivity index (χ0) is 14.8. The smallest absolute Gasteiger partial charge is 0.231 e. The predicted molar refractivity (Wildman–Crippen MR) is 72.5 cm³/mol. The van der Waals surface area contributed by atoms with E-state index in [9.17, 15) is 13.2 Å². The highest BCUT2D eigenvalue weighted by Gasteiger charge is 2.32. The van der Waals surface area contributed by atoms with Crippen LogP contribution in [0.5, 0.6) is 0 Å². The maximum atomic E-state index is 12.5. The van der Waals surface area contributed by atoms with Gasteiger partial charge in [-0.3, -0.25) is 0 Å². The Bertz CT molecular complexity index is 591. The molecule has 0 fully saturated rings. The molecule has 6 heteroatoms. The minimum absolute atomic E-state index is 0.138. The summed E-state index contributed by atoms with van der Waals surface area (Å²) in [6.45, 7) is 3.98. The summed E-state index contributed by atoms with van der Waals surface area (Å²) in [4.78, 5) is 7.40. The molecule has 2 aromatic rings. The fourth-order valence-corrected chi connectivity index (χ4v) is 2.63. The number of nitrogens with zero attached hydrogens (tertiary/aromatic N) is 2. The van der Waals surface area contributed by atoms with E-state index in [1.807, 2.05) is 26.0 Å². The maximum absolute atomic E-state index is 12.5. The molecule has 0 N–H and O–H groups in total. The van der Waals surface area contributed by atoms with Crippen LogP contribution in [0.3, 0.4) is 0 Å². The van der Waals surface area contributed by atoms with Crippen molar-refractivity contribution in [1.29, 1.82) is 0 Å². The molecule has 106 valence electrons. The van der Waals surface area contributed by atoms with E-state index in [2.05, 4.69) is 16.0 Å². The van der Waals surface area contributed by atoms with Crippen molar-refractivity contribution in [3.8, 4) is 0 Å². The Labute approximate surface area is 119 Å². The first-order valence-electron chi connectivity index (χ1n) is 5.95. The zero-order valence-electron chi connectivity index (χ0n) is 11.0. The molecule has 0 spiro atoms. The molecule has 0 radical (unpaired) electrons. The van der Waals surface area contributed by atoms with Crippen LogP contribution in [-0.2, 0) is 11.9 Å². The molecule has 0 amide bonds. The summed E-state index contributed by atoms with van der Waals surface area (Å²) in [6, 6.07) is 6.94. The van der Waals surface area contributed by atoms with E-state index < -0.39 is 11.9 Å². The fraction of sp³-hybridized carbons (Fsp3) is 0.286. The number of thioether (sulfide) groups is 1. The lowest BCUT2D eigenvalue weighted by Crippen LogP contribution is -2.08. The zero-order valence-corrected chi connectivity index (χ0v) is 11.8. The van der Waals surface area contributed by atoms with Crippen LogP contribution in [0.25, 0.3) is 0 Å². The number of rotatable bonds is 3. The average Bonchev–Trinajstić information content (AvgIpc) is 2.35. The van der Waals surface area contributed by atoms with Crippen LogP contribution >= 0.6 is 11.8 Å². The van der Waals surface area contributed by atoms with Crippen LogP contribution in [-0.4, -0.2) is 9.97 Å². The van der Waals surface area contributed by atoms with E-state index in [0.29, 0.717) is 5.75 Å². The van der Waals surface area contributed by atoms with Crippen molar-refractivity contribution in [1.82, 2.24) is 9.97 Å². The number of hydrogen-bond acceptors (Lipinski definition) is 3. The molecule has 0 saturated heterocycles. The maximum Gasteiger partial charge on any atom is 0.433 e. The third-order valence-corrected chi connectivity index (χ3v) is 3.51. The van der Waals surface area contributed by atoms with Crippen LogP contribution in [0, 0.1) is 13.8 Å². The highest BCUT2D eigenvalue weighted by molar-refractivity contribution is 7.98. The Kier molecular flexibility index (Phi) is 4.32. The molecule has 2 nitrogen and oxygen atoms in total. The first-order chi connectivity index (χ1) is 9.34. The molecule has 1 aromatic carbocycles. The van der Waals surface area contributed by atoms with Crippen molar-refractivity contribution in [2.24, 2.45) is 0 Å². The number of hydrogen-bond donors (Lipinski definition) is 0. The van der Waals surface area contributed by atoms with Crippen molar-refractivity contribution in [2.45, 2.75) is 30.9 Å². The average molecular weight is 298 g/mol. The molecular formula is C14H13F3N2S. The van der Waals surface area contributed by atoms with Gasteiger partial charge < -0.3 is 0 Å². The topological polar surface area (TPSA) is 25.8 Å². The van der Waals surface area contributed by atoms with Crippen LogP contribution in [0.4, 0.5) is 13.2 Å². The van der Waals surface area contributed by atoms with E-state index in [1.165, 1.54) is 11.8 Å². The minimum Gasteiger partial charge on any atom is -0.231 e. The Morgan fingerprint density at radius 3 is 2.35 bits per heavy atom. The van der Waals surface area contributed by atoms with Crippen LogP contribution in [0.15, 0.2) is 35.6 Å². The summed E-state index contributed by atoms with van der Waals surface area (Å²) in [5, 5.41) is 0.138. The van der Waals surface area contributed by atoms with Crippen molar-refractivity contribution in [3.05, 3.63) is 52.8 Å². The Morgan fingerprint density at radius 1 is 1.10 bits per heavy atom. The summed E-state index contributed by atoms with van der Waals surface area (Å²) >= 11 is 1.20. The van der Waals surface area contributed by atoms with Crippen LogP contribution in [0.2, 0.25) is 0 Å². The summed E-state index contributed by atoms with van der Waals surface area (Å²) in [7, 11) is 0. The van der Waals surface area contributed by atoms with Gasteiger partial charge in [0.2, 0.25) is 0 Å². The van der Waals surface area contributed by atoms with Crippen molar-refractivity contribution in [2.75, 3.05) is 0 Å². The van der Waals surface area contributed by atoms with Gasteiger partial charge in [-0.25, -0.2) is 9.97 Å². The Morgan fingerprint density at radius 2 is 1.75 bits per heavy atom. The Balaban J connectivity index is 2.11. The summed E-state index contributed by atoms with van der Waals surface area (Å²) in [5.41, 5.74) is 2.40. The largest absolute Gasteiger partial charge is 0.433 e. The number of alkyl halides is 3. The number of halogens is 3. The lowest BCUT2D eigenvalue weighted by Gasteiger charge is -2.07. The van der Waals surface area contributed by atoms with E-state index in [0.717, 1.165) is 29.0 Å². The first-order valence-corrected chi connectivity index (χ1v) is 6.93. The normalized spacial score (nSPS) is 11.7. The summed E-state index contributed by atoms with van der Waals surface area (Å²) in [6.07, 6.45) is -3.29. The van der Waals surface area contributed by atoms with Gasteiger partial charge >= 0.3 is 6.18 Å². The second-order valence-corrected chi connectivity index (χ2v) is 5.45. The van der Waals surface area contributed by atoms with Crippen molar-refractivity contribution < 1.29 is 13.2 Å². The quantitative estimate of drug-likeness (QED) is 0.620. The van der Waals surface area contributed by atoms with Gasteiger partial charge in [-0.1, -0.05) is 41.1 Å². The molecule has 0 unspecified atom stereocenters. The Hall–Kier alpha value is -1.56. The second-order valence-electron chi connectivity index (χ2n) is 4.51. The first kappa shape index (κ1) is 14.8. The van der Waals surface area contributed by atoms with Gasteiger partial charge in [-0.15, -0.1) is 0 Å². The highest BCUT2D eigenvalue weighted by Crippen LogP contribution is 2.29. The number of aryl methyl sites for hydroxylation is 2. The van der Waals surface area contributed by atoms with Crippen molar-refractivity contribution >= 4 is 11.8 Å². The third-order valence-electron chi connectivity index (χ3n) is 2.57. The standard InChI is InChI=1S/C14H13F3N2S/c1-9-5-10(2)7-11(6-9)8-20-13-18-4-3-12(19-13)14(15,16)17/h3-7H,8H2,1-2H3. The van der Waals surface area contributed by atoms with Gasteiger partial charge in [-0.2, -0.15) is 13.2 Å². The lowest BCUT2D eigenvalue weighted by molar-refractivity contribution is -0.141. The SMILES string of the molecule is Cc1cc(C)cc(CSc2nccc(C(F)(F)F)n2)c1. The van der Waals surface area contributed by atoms with Crippen LogP contribution < -0.4 is 0 Å². The second kappa shape index (κ2) is 5.83. The van der Waals surface area contributed by atoms with Gasteiger partial charge in [0.15, 0.2) is 5.16 Å². The predicted octanol–water partition coefficient (Wildman–Crippen LogP) is 4.40. The lowest BCUT2D eigenvalue weighted by atomic mass is 10.1. The van der Waals surface area contributed by atoms with E-state index in [4.69, 9.17) is 0 Å². The molecule has 0 aliphatic carbocycles. The van der Waals surface area contributed by atoms with Crippen LogP contribution in [0.1, 0.15) is 22.4 Å². The monoisotopic (exact) mass is 298 g/mol. The van der Waals surface area contributed by atoms with E-state index in [-0.39, 0.29) is 5.16 Å². The van der Waals surface area contributed by atoms with Gasteiger partial charge in [0.25, 0.3) is 0 Å². The molecule has 20 heavy (non-hydrogen) atoms. The molecule has 0 atom stereocenters. The molecule has 0 bridgehead atoms. The molecule has 0 aliphatic rings. The molecule has 1 aromatic heterocycles. The van der Waals surface area contributed by atoms with Gasteiger partial charge in [-0.05, 0) is 25.5 Å². The molecule has 0 saturated carbocycles.